The van der Waals surface area contributed by atoms with Crippen molar-refractivity contribution in [3.63, 3.8) is 0 Å². The average molecular weight is 371 g/mol. The van der Waals surface area contributed by atoms with E-state index in [0.717, 1.165) is 0 Å². The van der Waals surface area contributed by atoms with Crippen molar-refractivity contribution in [2.45, 2.75) is 26.1 Å². The highest BCUT2D eigenvalue weighted by Crippen LogP contribution is 2.17. The van der Waals surface area contributed by atoms with Gasteiger partial charge < -0.3 is 20.3 Å². The van der Waals surface area contributed by atoms with Crippen LogP contribution in [-0.2, 0) is 4.74 Å². The molecule has 1 aliphatic rings. The number of carbonyl (C=O) groups is 2. The quantitative estimate of drug-likeness (QED) is 0.864. The number of morpholine rings is 1. The highest BCUT2D eigenvalue weighted by atomic mass is 19.1. The van der Waals surface area contributed by atoms with Crippen molar-refractivity contribution in [3.8, 4) is 0 Å². The molecule has 0 aromatic heterocycles. The van der Waals surface area contributed by atoms with E-state index in [-0.39, 0.29) is 24.1 Å². The number of halogens is 1. The van der Waals surface area contributed by atoms with E-state index in [9.17, 15) is 14.0 Å². The Labute approximate surface area is 157 Å². The third-order valence-corrected chi connectivity index (χ3v) is 4.17. The van der Waals surface area contributed by atoms with E-state index in [1.165, 1.54) is 18.2 Å². The summed E-state index contributed by atoms with van der Waals surface area (Å²) in [6, 6.07) is 12.0. The molecule has 142 valence electrons. The second-order valence-corrected chi connectivity index (χ2v) is 6.64. The molecule has 3 rings (SSSR count). The van der Waals surface area contributed by atoms with E-state index >= 15 is 0 Å². The average Bonchev–Trinajstić information content (AvgIpc) is 2.61. The molecule has 6 nitrogen and oxygen atoms in total. The van der Waals surface area contributed by atoms with Crippen LogP contribution in [0.3, 0.4) is 0 Å². The number of hydrogen-bond donors (Lipinski definition) is 2. The van der Waals surface area contributed by atoms with Crippen LogP contribution in [0.5, 0.6) is 0 Å². The fraction of sp³-hybridized carbons (Fsp3) is 0.300. The van der Waals surface area contributed by atoms with E-state index < -0.39 is 5.82 Å². The van der Waals surface area contributed by atoms with Gasteiger partial charge in [-0.05, 0) is 50.2 Å². The number of hydrogen-bond acceptors (Lipinski definition) is 3. The van der Waals surface area contributed by atoms with Gasteiger partial charge in [0.15, 0.2) is 0 Å². The molecule has 1 saturated heterocycles. The van der Waals surface area contributed by atoms with Gasteiger partial charge in [0.25, 0.3) is 5.91 Å². The molecule has 3 amide bonds. The van der Waals surface area contributed by atoms with Gasteiger partial charge in [-0.15, -0.1) is 0 Å². The second-order valence-electron chi connectivity index (χ2n) is 6.64. The smallest absolute Gasteiger partial charge is 0.322 e. The molecule has 2 aromatic carbocycles. The molecule has 1 aliphatic heterocycles. The summed E-state index contributed by atoms with van der Waals surface area (Å²) in [5.74, 6) is -0.812. The molecule has 0 bridgehead atoms. The van der Waals surface area contributed by atoms with Gasteiger partial charge in [-0.1, -0.05) is 12.1 Å². The molecule has 2 unspecified atom stereocenters. The summed E-state index contributed by atoms with van der Waals surface area (Å²) in [7, 11) is 0. The highest BCUT2D eigenvalue weighted by Gasteiger charge is 2.25. The summed E-state index contributed by atoms with van der Waals surface area (Å²) in [6.07, 6.45) is -0.0502. The first kappa shape index (κ1) is 18.8. The van der Waals surface area contributed by atoms with Crippen LogP contribution >= 0.6 is 0 Å². The van der Waals surface area contributed by atoms with Crippen molar-refractivity contribution in [2.75, 3.05) is 23.7 Å². The fourth-order valence-corrected chi connectivity index (χ4v) is 3.05. The molecular formula is C20H22FN3O3. The summed E-state index contributed by atoms with van der Waals surface area (Å²) in [5.41, 5.74) is 1.24. The number of urea groups is 1. The minimum atomic E-state index is -0.428. The Kier molecular flexibility index (Phi) is 5.71. The van der Waals surface area contributed by atoms with Crippen LogP contribution < -0.4 is 10.6 Å². The molecule has 0 radical (unpaired) electrons. The molecule has 0 spiro atoms. The lowest BCUT2D eigenvalue weighted by Gasteiger charge is -2.35. The molecule has 0 aliphatic carbocycles. The number of amides is 3. The summed E-state index contributed by atoms with van der Waals surface area (Å²) in [5, 5.41) is 5.45. The van der Waals surface area contributed by atoms with E-state index in [1.807, 2.05) is 13.8 Å². The minimum Gasteiger partial charge on any atom is -0.372 e. The Morgan fingerprint density at radius 3 is 2.30 bits per heavy atom. The largest absolute Gasteiger partial charge is 0.372 e. The van der Waals surface area contributed by atoms with Crippen LogP contribution in [0.15, 0.2) is 48.5 Å². The summed E-state index contributed by atoms with van der Waals surface area (Å²) in [6.45, 7) is 4.87. The van der Waals surface area contributed by atoms with Gasteiger partial charge in [-0.2, -0.15) is 0 Å². The van der Waals surface area contributed by atoms with E-state index in [0.29, 0.717) is 30.0 Å². The van der Waals surface area contributed by atoms with E-state index in [1.54, 1.807) is 35.2 Å². The zero-order valence-electron chi connectivity index (χ0n) is 15.2. The second kappa shape index (κ2) is 8.18. The molecular weight excluding hydrogens is 349 g/mol. The number of nitrogens with one attached hydrogen (secondary N) is 2. The molecule has 1 fully saturated rings. The Balaban J connectivity index is 1.66. The third kappa shape index (κ3) is 5.04. The first-order valence-electron chi connectivity index (χ1n) is 8.79. The van der Waals surface area contributed by atoms with Gasteiger partial charge in [0.1, 0.15) is 5.82 Å². The highest BCUT2D eigenvalue weighted by molar-refractivity contribution is 6.05. The normalized spacial score (nSPS) is 19.4. The van der Waals surface area contributed by atoms with Crippen molar-refractivity contribution in [1.82, 2.24) is 4.90 Å². The Morgan fingerprint density at radius 2 is 1.63 bits per heavy atom. The van der Waals surface area contributed by atoms with E-state index in [2.05, 4.69) is 10.6 Å². The van der Waals surface area contributed by atoms with E-state index in [4.69, 9.17) is 4.74 Å². The number of ether oxygens (including phenoxy) is 1. The zero-order valence-corrected chi connectivity index (χ0v) is 15.2. The zero-order chi connectivity index (χ0) is 19.4. The number of anilines is 2. The third-order valence-electron chi connectivity index (χ3n) is 4.17. The number of nitrogens with zero attached hydrogens (tertiary/aromatic N) is 1. The lowest BCUT2D eigenvalue weighted by atomic mass is 10.1. The monoisotopic (exact) mass is 371 g/mol. The maximum Gasteiger partial charge on any atom is 0.322 e. The van der Waals surface area contributed by atoms with Gasteiger partial charge >= 0.3 is 6.03 Å². The van der Waals surface area contributed by atoms with Crippen LogP contribution in [0.25, 0.3) is 0 Å². The lowest BCUT2D eigenvalue weighted by Crippen LogP contribution is -2.49. The number of benzene rings is 2. The maximum absolute atomic E-state index is 13.2. The summed E-state index contributed by atoms with van der Waals surface area (Å²) >= 11 is 0. The molecule has 2 aromatic rings. The molecule has 0 saturated carbocycles. The van der Waals surface area contributed by atoms with Gasteiger partial charge in [0, 0.05) is 30.0 Å². The summed E-state index contributed by atoms with van der Waals surface area (Å²) in [4.78, 5) is 26.6. The molecule has 7 heteroatoms. The molecule has 2 atom stereocenters. The summed E-state index contributed by atoms with van der Waals surface area (Å²) < 4.78 is 18.9. The Morgan fingerprint density at radius 1 is 1.00 bits per heavy atom. The van der Waals surface area contributed by atoms with Gasteiger partial charge in [0.05, 0.1) is 12.2 Å². The van der Waals surface area contributed by atoms with Crippen molar-refractivity contribution in [1.29, 1.82) is 0 Å². The van der Waals surface area contributed by atoms with Crippen LogP contribution in [0.4, 0.5) is 20.6 Å². The number of rotatable bonds is 3. The topological polar surface area (TPSA) is 70.7 Å². The van der Waals surface area contributed by atoms with Crippen molar-refractivity contribution in [2.24, 2.45) is 0 Å². The molecule has 1 heterocycles. The predicted octanol–water partition coefficient (Wildman–Crippen LogP) is 3.72. The van der Waals surface area contributed by atoms with Gasteiger partial charge in [0.2, 0.25) is 0 Å². The standard InChI is InChI=1S/C20H22FN3O3/c1-13-11-24(12-14(2)27-13)20(26)23-17-7-3-5-15(9-17)19(25)22-18-8-4-6-16(21)10-18/h3-10,13-14H,11-12H2,1-2H3,(H,22,25)(H,23,26). The lowest BCUT2D eigenvalue weighted by molar-refractivity contribution is -0.0530. The van der Waals surface area contributed by atoms with Crippen LogP contribution in [0.2, 0.25) is 0 Å². The number of carbonyl (C=O) groups excluding carboxylic acids is 2. The SMILES string of the molecule is CC1CN(C(=O)Nc2cccc(C(=O)Nc3cccc(F)c3)c2)CC(C)O1. The van der Waals surface area contributed by atoms with Crippen molar-refractivity contribution < 1.29 is 18.7 Å². The first-order valence-corrected chi connectivity index (χ1v) is 8.79. The fourth-order valence-electron chi connectivity index (χ4n) is 3.05. The predicted molar refractivity (Wildman–Crippen MR) is 101 cm³/mol. The Hall–Kier alpha value is -2.93. The Bertz CT molecular complexity index is 833. The maximum atomic E-state index is 13.2. The minimum absolute atomic E-state index is 0.0251. The van der Waals surface area contributed by atoms with Gasteiger partial charge in [-0.25, -0.2) is 9.18 Å². The van der Waals surface area contributed by atoms with Crippen LogP contribution in [0.1, 0.15) is 24.2 Å². The first-order chi connectivity index (χ1) is 12.9. The van der Waals surface area contributed by atoms with Gasteiger partial charge in [-0.3, -0.25) is 4.79 Å². The van der Waals surface area contributed by atoms with Crippen LogP contribution in [-0.4, -0.2) is 42.1 Å². The van der Waals surface area contributed by atoms with Crippen molar-refractivity contribution >= 4 is 23.3 Å². The molecule has 2 N–H and O–H groups in total. The van der Waals surface area contributed by atoms with Crippen molar-refractivity contribution in [3.05, 3.63) is 59.9 Å². The molecule has 27 heavy (non-hydrogen) atoms. The van der Waals surface area contributed by atoms with Crippen LogP contribution in [0, 0.1) is 5.82 Å².